The summed E-state index contributed by atoms with van der Waals surface area (Å²) in [6.45, 7) is 8.79. The zero-order valence-electron chi connectivity index (χ0n) is 24.0. The van der Waals surface area contributed by atoms with Crippen molar-refractivity contribution in [3.8, 4) is 5.75 Å². The zero-order valence-corrected chi connectivity index (χ0v) is 24.9. The zero-order chi connectivity index (χ0) is 29.4. The Morgan fingerprint density at radius 3 is 2.12 bits per heavy atom. The molecule has 0 aromatic heterocycles. The third-order valence-corrected chi connectivity index (χ3v) is 8.35. The number of rotatable bonds is 12. The minimum Gasteiger partial charge on any atom is -0.495 e. The SMILES string of the molecule is COc1ccc(C)cc1N(CC(=O)N(CCc1ccccc1)[C@H](C)C(=O)NC(C)C)S(=O)(=O)c1ccc(C)cc1. The Hall–Kier alpha value is -3.85. The van der Waals surface area contributed by atoms with E-state index in [1.165, 1.54) is 24.1 Å². The van der Waals surface area contributed by atoms with Gasteiger partial charge in [0.25, 0.3) is 10.0 Å². The average molecular weight is 566 g/mol. The predicted molar refractivity (Wildman–Crippen MR) is 158 cm³/mol. The molecule has 0 unspecified atom stereocenters. The second kappa shape index (κ2) is 13.5. The van der Waals surface area contributed by atoms with Gasteiger partial charge >= 0.3 is 0 Å². The normalized spacial score (nSPS) is 12.1. The molecule has 0 fully saturated rings. The van der Waals surface area contributed by atoms with Crippen LogP contribution in [-0.4, -0.2) is 57.4 Å². The first kappa shape index (κ1) is 30.7. The molecule has 0 aliphatic carbocycles. The summed E-state index contributed by atoms with van der Waals surface area (Å²) in [5.41, 5.74) is 2.96. The number of amides is 2. The van der Waals surface area contributed by atoms with E-state index in [0.717, 1.165) is 21.0 Å². The average Bonchev–Trinajstić information content (AvgIpc) is 2.92. The van der Waals surface area contributed by atoms with E-state index in [-0.39, 0.29) is 29.1 Å². The molecule has 3 aromatic rings. The molecule has 0 saturated heterocycles. The van der Waals surface area contributed by atoms with Crippen molar-refractivity contribution in [2.45, 2.75) is 58.0 Å². The largest absolute Gasteiger partial charge is 0.495 e. The lowest BCUT2D eigenvalue weighted by Gasteiger charge is -2.32. The molecule has 0 bridgehead atoms. The van der Waals surface area contributed by atoms with E-state index in [9.17, 15) is 18.0 Å². The van der Waals surface area contributed by atoms with Crippen LogP contribution in [-0.2, 0) is 26.0 Å². The van der Waals surface area contributed by atoms with Gasteiger partial charge in [-0.3, -0.25) is 13.9 Å². The van der Waals surface area contributed by atoms with Crippen LogP contribution in [0.4, 0.5) is 5.69 Å². The van der Waals surface area contributed by atoms with Crippen LogP contribution in [0.15, 0.2) is 77.7 Å². The van der Waals surface area contributed by atoms with Gasteiger partial charge in [0.1, 0.15) is 18.3 Å². The van der Waals surface area contributed by atoms with Crippen LogP contribution in [0.1, 0.15) is 37.5 Å². The minimum atomic E-state index is -4.18. The van der Waals surface area contributed by atoms with Gasteiger partial charge in [0, 0.05) is 12.6 Å². The highest BCUT2D eigenvalue weighted by Crippen LogP contribution is 2.33. The number of sulfonamides is 1. The Morgan fingerprint density at radius 1 is 0.900 bits per heavy atom. The summed E-state index contributed by atoms with van der Waals surface area (Å²) in [6, 6.07) is 20.4. The number of anilines is 1. The molecule has 0 aliphatic heterocycles. The van der Waals surface area contributed by atoms with Crippen molar-refractivity contribution in [2.24, 2.45) is 0 Å². The van der Waals surface area contributed by atoms with Crippen LogP contribution in [0.5, 0.6) is 5.75 Å². The molecule has 2 amide bonds. The van der Waals surface area contributed by atoms with Gasteiger partial charge in [-0.2, -0.15) is 0 Å². The lowest BCUT2D eigenvalue weighted by Crippen LogP contribution is -2.53. The molecule has 0 saturated carbocycles. The van der Waals surface area contributed by atoms with E-state index >= 15 is 0 Å². The minimum absolute atomic E-state index is 0.0518. The maximum absolute atomic E-state index is 14.0. The number of nitrogens with one attached hydrogen (secondary N) is 1. The number of nitrogens with zero attached hydrogens (tertiary/aromatic N) is 2. The van der Waals surface area contributed by atoms with Crippen LogP contribution in [0.25, 0.3) is 0 Å². The smallest absolute Gasteiger partial charge is 0.264 e. The maximum Gasteiger partial charge on any atom is 0.264 e. The third-order valence-electron chi connectivity index (χ3n) is 6.57. The van der Waals surface area contributed by atoms with Gasteiger partial charge in [0.2, 0.25) is 11.8 Å². The molecule has 3 rings (SSSR count). The lowest BCUT2D eigenvalue weighted by atomic mass is 10.1. The third kappa shape index (κ3) is 7.63. The molecule has 8 nitrogen and oxygen atoms in total. The molecule has 0 heterocycles. The quantitative estimate of drug-likeness (QED) is 0.349. The molecule has 0 spiro atoms. The van der Waals surface area contributed by atoms with E-state index in [0.29, 0.717) is 12.2 Å². The molecular weight excluding hydrogens is 526 g/mol. The summed E-state index contributed by atoms with van der Waals surface area (Å²) in [5, 5.41) is 2.86. The van der Waals surface area contributed by atoms with Crippen molar-refractivity contribution in [3.05, 3.63) is 89.5 Å². The number of carbonyl (C=O) groups excluding carboxylic acids is 2. The number of ether oxygens (including phenoxy) is 1. The van der Waals surface area contributed by atoms with E-state index < -0.39 is 28.5 Å². The topological polar surface area (TPSA) is 96.0 Å². The van der Waals surface area contributed by atoms with Crippen LogP contribution >= 0.6 is 0 Å². The fourth-order valence-electron chi connectivity index (χ4n) is 4.32. The van der Waals surface area contributed by atoms with Gasteiger partial charge in [0.05, 0.1) is 17.7 Å². The van der Waals surface area contributed by atoms with Gasteiger partial charge < -0.3 is 15.0 Å². The molecule has 1 N–H and O–H groups in total. The van der Waals surface area contributed by atoms with Gasteiger partial charge in [-0.15, -0.1) is 0 Å². The molecular formula is C31H39N3O5S. The summed E-state index contributed by atoms with van der Waals surface area (Å²) in [7, 11) is -2.72. The Kier molecular flexibility index (Phi) is 10.3. The Morgan fingerprint density at radius 2 is 1.52 bits per heavy atom. The molecule has 40 heavy (non-hydrogen) atoms. The van der Waals surface area contributed by atoms with Crippen molar-refractivity contribution in [3.63, 3.8) is 0 Å². The maximum atomic E-state index is 14.0. The van der Waals surface area contributed by atoms with Crippen LogP contribution in [0, 0.1) is 13.8 Å². The standard InChI is InChI=1S/C31H39N3O5S/c1-22(2)32-31(36)25(5)33(19-18-26-10-8-7-9-11-26)30(35)21-34(28-20-24(4)14-17-29(28)39-6)40(37,38)27-15-12-23(3)13-16-27/h7-17,20,22,25H,18-19,21H2,1-6H3,(H,32,36)/t25-/m1/s1. The van der Waals surface area contributed by atoms with Gasteiger partial charge in [-0.05, 0) is 76.4 Å². The van der Waals surface area contributed by atoms with Crippen molar-refractivity contribution in [1.29, 1.82) is 0 Å². The van der Waals surface area contributed by atoms with E-state index in [2.05, 4.69) is 5.32 Å². The summed E-state index contributed by atoms with van der Waals surface area (Å²) < 4.78 is 34.7. The molecule has 214 valence electrons. The number of hydrogen-bond acceptors (Lipinski definition) is 5. The Balaban J connectivity index is 2.05. The number of carbonyl (C=O) groups is 2. The van der Waals surface area contributed by atoms with Crippen LogP contribution in [0.3, 0.4) is 0 Å². The monoisotopic (exact) mass is 565 g/mol. The van der Waals surface area contributed by atoms with E-state index in [1.807, 2.05) is 64.1 Å². The molecule has 9 heteroatoms. The summed E-state index contributed by atoms with van der Waals surface area (Å²) in [6.07, 6.45) is 0.504. The van der Waals surface area contributed by atoms with Crippen molar-refractivity contribution >= 4 is 27.5 Å². The molecule has 3 aromatic carbocycles. The molecule has 0 radical (unpaired) electrons. The van der Waals surface area contributed by atoms with Crippen LogP contribution in [0.2, 0.25) is 0 Å². The van der Waals surface area contributed by atoms with Crippen LogP contribution < -0.4 is 14.4 Å². The lowest BCUT2D eigenvalue weighted by molar-refractivity contribution is -0.139. The highest BCUT2D eigenvalue weighted by atomic mass is 32.2. The van der Waals surface area contributed by atoms with Crippen molar-refractivity contribution in [1.82, 2.24) is 10.2 Å². The number of benzene rings is 3. The summed E-state index contributed by atoms with van der Waals surface area (Å²) >= 11 is 0. The summed E-state index contributed by atoms with van der Waals surface area (Å²) in [5.74, 6) is -0.491. The van der Waals surface area contributed by atoms with Gasteiger partial charge in [-0.25, -0.2) is 8.42 Å². The number of methoxy groups -OCH3 is 1. The molecule has 0 aliphatic rings. The van der Waals surface area contributed by atoms with E-state index in [1.54, 1.807) is 31.2 Å². The van der Waals surface area contributed by atoms with Crippen molar-refractivity contribution in [2.75, 3.05) is 24.5 Å². The second-order valence-corrected chi connectivity index (χ2v) is 12.0. The van der Waals surface area contributed by atoms with Crippen molar-refractivity contribution < 1.29 is 22.7 Å². The first-order valence-electron chi connectivity index (χ1n) is 13.3. The highest BCUT2D eigenvalue weighted by Gasteiger charge is 2.33. The van der Waals surface area contributed by atoms with E-state index in [4.69, 9.17) is 4.74 Å². The highest BCUT2D eigenvalue weighted by molar-refractivity contribution is 7.92. The fourth-order valence-corrected chi connectivity index (χ4v) is 5.74. The number of aryl methyl sites for hydroxylation is 2. The first-order chi connectivity index (χ1) is 18.9. The summed E-state index contributed by atoms with van der Waals surface area (Å²) in [4.78, 5) is 28.5. The van der Waals surface area contributed by atoms with Gasteiger partial charge in [0.15, 0.2) is 0 Å². The fraction of sp³-hybridized carbons (Fsp3) is 0.355. The predicted octanol–water partition coefficient (Wildman–Crippen LogP) is 4.49. The Labute approximate surface area is 238 Å². The Bertz CT molecular complexity index is 1410. The molecule has 1 atom stereocenters. The van der Waals surface area contributed by atoms with Gasteiger partial charge in [-0.1, -0.05) is 54.1 Å². The first-order valence-corrected chi connectivity index (χ1v) is 14.8. The second-order valence-electron chi connectivity index (χ2n) is 10.2. The number of hydrogen-bond donors (Lipinski definition) is 1.